The van der Waals surface area contributed by atoms with Crippen LogP contribution >= 0.6 is 0 Å². The van der Waals surface area contributed by atoms with Crippen LogP contribution in [-0.4, -0.2) is 58.4 Å². The van der Waals surface area contributed by atoms with Crippen molar-refractivity contribution in [3.8, 4) is 0 Å². The number of carbonyl (C=O) groups is 2. The molecule has 1 aromatic heterocycles. The van der Waals surface area contributed by atoms with Gasteiger partial charge in [-0.05, 0) is 24.5 Å². The molecule has 3 heterocycles. The number of halogens is 1. The van der Waals surface area contributed by atoms with Gasteiger partial charge in [0.05, 0.1) is 6.42 Å². The van der Waals surface area contributed by atoms with Crippen LogP contribution in [-0.2, 0) is 16.0 Å². The summed E-state index contributed by atoms with van der Waals surface area (Å²) < 4.78 is 14.9. The van der Waals surface area contributed by atoms with Gasteiger partial charge in [0.15, 0.2) is 5.67 Å². The van der Waals surface area contributed by atoms with Gasteiger partial charge in [-0.2, -0.15) is 0 Å². The number of piperidine rings is 1. The largest absolute Gasteiger partial charge is 0.342 e. The molecule has 6 heteroatoms. The molecule has 1 aromatic rings. The topological polar surface area (TPSA) is 53.5 Å². The van der Waals surface area contributed by atoms with Crippen LogP contribution in [0.15, 0.2) is 24.5 Å². The molecule has 5 nitrogen and oxygen atoms in total. The Balaban J connectivity index is 1.55. The van der Waals surface area contributed by atoms with E-state index >= 15 is 0 Å². The predicted molar refractivity (Wildman–Crippen MR) is 83.4 cm³/mol. The minimum absolute atomic E-state index is 0.0336. The molecule has 3 rings (SSSR count). The van der Waals surface area contributed by atoms with Gasteiger partial charge >= 0.3 is 0 Å². The Hall–Kier alpha value is -1.98. The van der Waals surface area contributed by atoms with E-state index in [-0.39, 0.29) is 31.1 Å². The van der Waals surface area contributed by atoms with Gasteiger partial charge in [-0.25, -0.2) is 4.39 Å². The van der Waals surface area contributed by atoms with E-state index in [1.165, 1.54) is 0 Å². The highest BCUT2D eigenvalue weighted by molar-refractivity contribution is 5.86. The Kier molecular flexibility index (Phi) is 4.59. The smallest absolute Gasteiger partial charge is 0.260 e. The lowest BCUT2D eigenvalue weighted by atomic mass is 9.91. The summed E-state index contributed by atoms with van der Waals surface area (Å²) in [5.74, 6) is -0.414. The van der Waals surface area contributed by atoms with Crippen molar-refractivity contribution in [3.63, 3.8) is 0 Å². The number of aromatic nitrogens is 1. The van der Waals surface area contributed by atoms with Crippen molar-refractivity contribution in [2.45, 2.75) is 37.8 Å². The zero-order valence-corrected chi connectivity index (χ0v) is 13.2. The lowest BCUT2D eigenvalue weighted by Gasteiger charge is -2.37. The monoisotopic (exact) mass is 319 g/mol. The van der Waals surface area contributed by atoms with Crippen molar-refractivity contribution in [1.29, 1.82) is 0 Å². The number of rotatable bonds is 3. The first-order valence-electron chi connectivity index (χ1n) is 8.23. The summed E-state index contributed by atoms with van der Waals surface area (Å²) in [5.41, 5.74) is -0.946. The Labute approximate surface area is 135 Å². The zero-order valence-electron chi connectivity index (χ0n) is 13.2. The second kappa shape index (κ2) is 6.64. The van der Waals surface area contributed by atoms with E-state index in [9.17, 15) is 14.0 Å². The SMILES string of the molecule is O=C(Cc1cccnc1)N1CCC(F)(C(=O)N2CCCC2)CC1. The average molecular weight is 319 g/mol. The summed E-state index contributed by atoms with van der Waals surface area (Å²) in [6.45, 7) is 1.92. The molecule has 0 spiro atoms. The molecule has 2 fully saturated rings. The van der Waals surface area contributed by atoms with Crippen LogP contribution in [0.5, 0.6) is 0 Å². The summed E-state index contributed by atoms with van der Waals surface area (Å²) in [6, 6.07) is 3.64. The third-order valence-electron chi connectivity index (χ3n) is 4.76. The molecule has 0 radical (unpaired) electrons. The van der Waals surface area contributed by atoms with E-state index in [1.54, 1.807) is 28.3 Å². The van der Waals surface area contributed by atoms with Crippen molar-refractivity contribution < 1.29 is 14.0 Å². The van der Waals surface area contributed by atoms with Gasteiger partial charge in [0.2, 0.25) is 5.91 Å². The maximum absolute atomic E-state index is 14.9. The van der Waals surface area contributed by atoms with Gasteiger partial charge in [-0.15, -0.1) is 0 Å². The van der Waals surface area contributed by atoms with Gasteiger partial charge in [0.1, 0.15) is 0 Å². The van der Waals surface area contributed by atoms with Gasteiger partial charge < -0.3 is 9.80 Å². The number of likely N-dealkylation sites (tertiary alicyclic amines) is 2. The molecule has 0 N–H and O–H groups in total. The highest BCUT2D eigenvalue weighted by Gasteiger charge is 2.45. The molecule has 0 unspecified atom stereocenters. The predicted octanol–water partition coefficient (Wildman–Crippen LogP) is 1.58. The maximum Gasteiger partial charge on any atom is 0.260 e. The third-order valence-corrected chi connectivity index (χ3v) is 4.76. The standard InChI is InChI=1S/C17H22FN3O2/c18-17(16(23)21-8-1-2-9-21)5-10-20(11-6-17)15(22)12-14-4-3-7-19-13-14/h3-4,7,13H,1-2,5-6,8-12H2. The van der Waals surface area contributed by atoms with Gasteiger partial charge in [-0.1, -0.05) is 6.07 Å². The summed E-state index contributed by atoms with van der Waals surface area (Å²) in [7, 11) is 0. The van der Waals surface area contributed by atoms with Crippen LogP contribution in [0.4, 0.5) is 4.39 Å². The van der Waals surface area contributed by atoms with Crippen LogP contribution in [0.25, 0.3) is 0 Å². The lowest BCUT2D eigenvalue weighted by Crippen LogP contribution is -2.53. The molecule has 0 bridgehead atoms. The summed E-state index contributed by atoms with van der Waals surface area (Å²) >= 11 is 0. The zero-order chi connectivity index (χ0) is 16.3. The fraction of sp³-hybridized carbons (Fsp3) is 0.588. The molecule has 124 valence electrons. The summed E-state index contributed by atoms with van der Waals surface area (Å²) in [4.78, 5) is 31.9. The Morgan fingerprint density at radius 1 is 1.13 bits per heavy atom. The molecule has 0 saturated carbocycles. The Bertz CT molecular complexity index is 564. The molecular formula is C17H22FN3O2. The van der Waals surface area contributed by atoms with Crippen molar-refractivity contribution in [3.05, 3.63) is 30.1 Å². The molecule has 0 aromatic carbocycles. The van der Waals surface area contributed by atoms with E-state index in [0.717, 1.165) is 18.4 Å². The van der Waals surface area contributed by atoms with Crippen LogP contribution in [0.3, 0.4) is 0 Å². The highest BCUT2D eigenvalue weighted by Crippen LogP contribution is 2.30. The summed E-state index contributed by atoms with van der Waals surface area (Å²) in [5, 5.41) is 0. The number of nitrogens with zero attached hydrogens (tertiary/aromatic N) is 3. The quantitative estimate of drug-likeness (QED) is 0.850. The van der Waals surface area contributed by atoms with Gasteiger partial charge in [-0.3, -0.25) is 14.6 Å². The average Bonchev–Trinajstić information content (AvgIpc) is 3.10. The fourth-order valence-electron chi connectivity index (χ4n) is 3.32. The number of hydrogen-bond donors (Lipinski definition) is 0. The molecular weight excluding hydrogens is 297 g/mol. The van der Waals surface area contributed by atoms with Crippen LogP contribution in [0.2, 0.25) is 0 Å². The molecule has 2 aliphatic rings. The Morgan fingerprint density at radius 3 is 2.43 bits per heavy atom. The first kappa shape index (κ1) is 15.9. The number of hydrogen-bond acceptors (Lipinski definition) is 3. The van der Waals surface area contributed by atoms with E-state index in [2.05, 4.69) is 4.98 Å². The number of carbonyl (C=O) groups excluding carboxylic acids is 2. The summed E-state index contributed by atoms with van der Waals surface area (Å²) in [6.07, 6.45) is 5.71. The van der Waals surface area contributed by atoms with Crippen LogP contribution in [0.1, 0.15) is 31.2 Å². The molecule has 2 aliphatic heterocycles. The van der Waals surface area contributed by atoms with Gasteiger partial charge in [0.25, 0.3) is 5.91 Å². The second-order valence-corrected chi connectivity index (χ2v) is 6.38. The van der Waals surface area contributed by atoms with E-state index in [0.29, 0.717) is 26.2 Å². The molecule has 0 aliphatic carbocycles. The normalized spacial score (nSPS) is 20.6. The van der Waals surface area contributed by atoms with Crippen LogP contribution < -0.4 is 0 Å². The van der Waals surface area contributed by atoms with E-state index in [1.807, 2.05) is 6.07 Å². The number of amides is 2. The molecule has 0 atom stereocenters. The third kappa shape index (κ3) is 3.51. The lowest BCUT2D eigenvalue weighted by molar-refractivity contribution is -0.149. The van der Waals surface area contributed by atoms with Crippen molar-refractivity contribution in [2.24, 2.45) is 0 Å². The molecule has 2 amide bonds. The highest BCUT2D eigenvalue weighted by atomic mass is 19.1. The fourth-order valence-corrected chi connectivity index (χ4v) is 3.32. The first-order valence-corrected chi connectivity index (χ1v) is 8.23. The first-order chi connectivity index (χ1) is 11.1. The number of pyridine rings is 1. The van der Waals surface area contributed by atoms with Gasteiger partial charge in [0, 0.05) is 51.4 Å². The van der Waals surface area contributed by atoms with Crippen molar-refractivity contribution in [2.75, 3.05) is 26.2 Å². The number of alkyl halides is 1. The van der Waals surface area contributed by atoms with E-state index < -0.39 is 5.67 Å². The second-order valence-electron chi connectivity index (χ2n) is 6.38. The minimum atomic E-state index is -1.80. The Morgan fingerprint density at radius 2 is 1.83 bits per heavy atom. The minimum Gasteiger partial charge on any atom is -0.342 e. The van der Waals surface area contributed by atoms with Crippen molar-refractivity contribution >= 4 is 11.8 Å². The molecule has 23 heavy (non-hydrogen) atoms. The van der Waals surface area contributed by atoms with Crippen molar-refractivity contribution in [1.82, 2.24) is 14.8 Å². The van der Waals surface area contributed by atoms with Crippen LogP contribution in [0, 0.1) is 0 Å². The maximum atomic E-state index is 14.9. The van der Waals surface area contributed by atoms with E-state index in [4.69, 9.17) is 0 Å². The molecule has 2 saturated heterocycles.